The van der Waals surface area contributed by atoms with Gasteiger partial charge in [-0.3, -0.25) is 0 Å². The second-order valence-electron chi connectivity index (χ2n) is 3.77. The van der Waals surface area contributed by atoms with E-state index in [1.54, 1.807) is 6.92 Å². The molecule has 18 heavy (non-hydrogen) atoms. The Labute approximate surface area is 103 Å². The van der Waals surface area contributed by atoms with E-state index in [1.165, 1.54) is 24.3 Å². The van der Waals surface area contributed by atoms with Crippen LogP contribution in [0.25, 0.3) is 0 Å². The second kappa shape index (κ2) is 5.50. The maximum atomic E-state index is 10.9. The lowest BCUT2D eigenvalue weighted by atomic mass is 10.1. The Kier molecular flexibility index (Phi) is 4.28. The minimum atomic E-state index is -2.29. The van der Waals surface area contributed by atoms with Crippen molar-refractivity contribution in [1.82, 2.24) is 0 Å². The summed E-state index contributed by atoms with van der Waals surface area (Å²) in [5, 5.41) is 27.4. The quantitative estimate of drug-likeness (QED) is 0.662. The van der Waals surface area contributed by atoms with Gasteiger partial charge in [-0.25, -0.2) is 9.59 Å². The lowest BCUT2D eigenvalue weighted by Gasteiger charge is -2.24. The molecule has 0 spiro atoms. The van der Waals surface area contributed by atoms with E-state index in [9.17, 15) is 14.7 Å². The summed E-state index contributed by atoms with van der Waals surface area (Å²) in [7, 11) is 0. The predicted molar refractivity (Wildman–Crippen MR) is 61.5 cm³/mol. The number of carboxylic acid groups (broad SMARTS) is 2. The van der Waals surface area contributed by atoms with Crippen molar-refractivity contribution in [1.29, 1.82) is 0 Å². The summed E-state index contributed by atoms with van der Waals surface area (Å²) < 4.78 is 5.00. The Bertz CT molecular complexity index is 438. The molecule has 0 aliphatic carbocycles. The molecule has 1 atom stereocenters. The fourth-order valence-electron chi connectivity index (χ4n) is 1.40. The lowest BCUT2D eigenvalue weighted by Crippen LogP contribution is -2.44. The van der Waals surface area contributed by atoms with Crippen molar-refractivity contribution in [2.75, 3.05) is 0 Å². The molecular weight excluding hydrogens is 240 g/mol. The van der Waals surface area contributed by atoms with Gasteiger partial charge in [-0.2, -0.15) is 0 Å². The van der Waals surface area contributed by atoms with Gasteiger partial charge in [0.25, 0.3) is 0 Å². The number of benzene rings is 1. The number of aliphatic carboxylic acids is 1. The smallest absolute Gasteiger partial charge is 0.377 e. The van der Waals surface area contributed by atoms with Crippen LogP contribution in [0.2, 0.25) is 0 Å². The summed E-state index contributed by atoms with van der Waals surface area (Å²) in [4.78, 5) is 21.5. The second-order valence-corrected chi connectivity index (χ2v) is 3.77. The highest BCUT2D eigenvalue weighted by Gasteiger charge is 2.37. The Hall–Kier alpha value is -2.08. The zero-order chi connectivity index (χ0) is 13.8. The first-order valence-corrected chi connectivity index (χ1v) is 5.37. The highest BCUT2D eigenvalue weighted by atomic mass is 16.6. The van der Waals surface area contributed by atoms with E-state index in [-0.39, 0.29) is 17.7 Å². The zero-order valence-corrected chi connectivity index (χ0v) is 9.79. The maximum absolute atomic E-state index is 10.9. The number of aliphatic hydroxyl groups is 1. The fraction of sp³-hybridized carbons (Fsp3) is 0.333. The number of carbonyl (C=O) groups is 2. The van der Waals surface area contributed by atoms with Crippen LogP contribution in [-0.4, -0.2) is 33.0 Å². The molecule has 3 N–H and O–H groups in total. The molecule has 0 aliphatic heterocycles. The van der Waals surface area contributed by atoms with Gasteiger partial charge < -0.3 is 20.1 Å². The topological polar surface area (TPSA) is 104 Å². The molecule has 1 aromatic rings. The molecule has 0 saturated heterocycles. The van der Waals surface area contributed by atoms with E-state index >= 15 is 0 Å². The summed E-state index contributed by atoms with van der Waals surface area (Å²) in [6.07, 6.45) is 0.360. The van der Waals surface area contributed by atoms with Crippen LogP contribution in [0.15, 0.2) is 24.3 Å². The van der Waals surface area contributed by atoms with Crippen molar-refractivity contribution in [2.24, 2.45) is 0 Å². The largest absolute Gasteiger partial charge is 0.478 e. The van der Waals surface area contributed by atoms with Crippen LogP contribution >= 0.6 is 0 Å². The van der Waals surface area contributed by atoms with Crippen molar-refractivity contribution in [3.63, 3.8) is 0 Å². The van der Waals surface area contributed by atoms with Gasteiger partial charge in [0.1, 0.15) is 5.75 Å². The van der Waals surface area contributed by atoms with E-state index in [0.717, 1.165) is 0 Å². The molecular formula is C12H14O6. The third-order valence-corrected chi connectivity index (χ3v) is 2.31. The van der Waals surface area contributed by atoms with Gasteiger partial charge in [-0.05, 0) is 30.7 Å². The van der Waals surface area contributed by atoms with E-state index in [1.807, 2.05) is 0 Å². The third kappa shape index (κ3) is 3.21. The van der Waals surface area contributed by atoms with Crippen molar-refractivity contribution in [2.45, 2.75) is 25.6 Å². The van der Waals surface area contributed by atoms with Crippen LogP contribution in [-0.2, 0) is 4.79 Å². The van der Waals surface area contributed by atoms with Crippen LogP contribution in [0.5, 0.6) is 5.75 Å². The van der Waals surface area contributed by atoms with Gasteiger partial charge in [0, 0.05) is 6.42 Å². The van der Waals surface area contributed by atoms with Crippen molar-refractivity contribution >= 4 is 11.9 Å². The van der Waals surface area contributed by atoms with Gasteiger partial charge in [-0.1, -0.05) is 6.92 Å². The first kappa shape index (κ1) is 14.0. The lowest BCUT2D eigenvalue weighted by molar-refractivity contribution is -0.196. The molecule has 0 saturated carbocycles. The number of rotatable bonds is 6. The average molecular weight is 254 g/mol. The van der Waals surface area contributed by atoms with E-state index in [0.29, 0.717) is 6.42 Å². The molecule has 6 nitrogen and oxygen atoms in total. The minimum Gasteiger partial charge on any atom is -0.478 e. The van der Waals surface area contributed by atoms with E-state index < -0.39 is 17.7 Å². The van der Waals surface area contributed by atoms with Gasteiger partial charge in [0.2, 0.25) is 0 Å². The van der Waals surface area contributed by atoms with E-state index in [4.69, 9.17) is 14.9 Å². The molecule has 1 unspecified atom stereocenters. The standard InChI is InChI=1S/C12H14O6/c1-2-7-12(17,11(15)16)18-9-5-3-8(4-6-9)10(13)14/h3-6,17H,2,7H2,1H3,(H,13,14)(H,15,16). The fourth-order valence-corrected chi connectivity index (χ4v) is 1.40. The number of hydrogen-bond acceptors (Lipinski definition) is 4. The SMILES string of the molecule is CCCC(O)(Oc1ccc(C(=O)O)cc1)C(=O)O. The molecule has 0 fully saturated rings. The molecule has 0 bridgehead atoms. The number of hydrogen-bond donors (Lipinski definition) is 3. The first-order chi connectivity index (χ1) is 8.39. The Morgan fingerprint density at radius 3 is 2.17 bits per heavy atom. The maximum Gasteiger partial charge on any atom is 0.377 e. The van der Waals surface area contributed by atoms with Crippen molar-refractivity contribution in [3.8, 4) is 5.75 Å². The first-order valence-electron chi connectivity index (χ1n) is 5.37. The third-order valence-electron chi connectivity index (χ3n) is 2.31. The highest BCUT2D eigenvalue weighted by molar-refractivity contribution is 5.87. The Morgan fingerprint density at radius 1 is 1.22 bits per heavy atom. The van der Waals surface area contributed by atoms with Gasteiger partial charge in [-0.15, -0.1) is 0 Å². The van der Waals surface area contributed by atoms with Crippen molar-refractivity contribution < 1.29 is 29.6 Å². The zero-order valence-electron chi connectivity index (χ0n) is 9.79. The summed E-state index contributed by atoms with van der Waals surface area (Å²) >= 11 is 0. The van der Waals surface area contributed by atoms with Crippen molar-refractivity contribution in [3.05, 3.63) is 29.8 Å². The monoisotopic (exact) mass is 254 g/mol. The van der Waals surface area contributed by atoms with E-state index in [2.05, 4.69) is 0 Å². The molecule has 1 aromatic carbocycles. The Morgan fingerprint density at radius 2 is 1.78 bits per heavy atom. The minimum absolute atomic E-state index is 0.0525. The molecule has 0 aliphatic rings. The Balaban J connectivity index is 2.88. The molecule has 98 valence electrons. The van der Waals surface area contributed by atoms with Crippen LogP contribution in [0.1, 0.15) is 30.1 Å². The number of carboxylic acids is 2. The highest BCUT2D eigenvalue weighted by Crippen LogP contribution is 2.21. The molecule has 0 aromatic heterocycles. The van der Waals surface area contributed by atoms with Gasteiger partial charge >= 0.3 is 17.7 Å². The molecule has 0 heterocycles. The van der Waals surface area contributed by atoms with Crippen LogP contribution in [0.4, 0.5) is 0 Å². The molecule has 1 rings (SSSR count). The summed E-state index contributed by atoms with van der Waals surface area (Å²) in [6.45, 7) is 1.71. The number of ether oxygens (including phenoxy) is 1. The average Bonchev–Trinajstić information content (AvgIpc) is 2.29. The normalized spacial score (nSPS) is 13.7. The predicted octanol–water partition coefficient (Wildman–Crippen LogP) is 1.34. The molecule has 6 heteroatoms. The summed E-state index contributed by atoms with van der Waals surface area (Å²) in [5.74, 6) is -4.77. The van der Waals surface area contributed by atoms with Gasteiger partial charge in [0.15, 0.2) is 0 Å². The molecule has 0 amide bonds. The summed E-state index contributed by atoms with van der Waals surface area (Å²) in [5.41, 5.74) is 0.0525. The summed E-state index contributed by atoms with van der Waals surface area (Å²) in [6, 6.07) is 5.14. The van der Waals surface area contributed by atoms with Crippen LogP contribution < -0.4 is 4.74 Å². The van der Waals surface area contributed by atoms with Crippen LogP contribution in [0, 0.1) is 0 Å². The van der Waals surface area contributed by atoms with Gasteiger partial charge in [0.05, 0.1) is 5.56 Å². The number of aromatic carboxylic acids is 1. The van der Waals surface area contributed by atoms with Crippen LogP contribution in [0.3, 0.4) is 0 Å². The molecule has 0 radical (unpaired) electrons.